The molecule has 0 bridgehead atoms. The number of aryl methyl sites for hydroxylation is 1. The summed E-state index contributed by atoms with van der Waals surface area (Å²) in [6, 6.07) is 23.6. The van der Waals surface area contributed by atoms with E-state index < -0.39 is 0 Å². The monoisotopic (exact) mass is 419 g/mol. The van der Waals surface area contributed by atoms with Gasteiger partial charge in [-0.05, 0) is 43.3 Å². The zero-order valence-corrected chi connectivity index (χ0v) is 16.4. The van der Waals surface area contributed by atoms with Crippen molar-refractivity contribution in [3.63, 3.8) is 0 Å². The van der Waals surface area contributed by atoms with Gasteiger partial charge in [-0.3, -0.25) is 4.79 Å². The zero-order valence-electron chi connectivity index (χ0n) is 14.8. The summed E-state index contributed by atoms with van der Waals surface area (Å²) in [6.45, 7) is 2.21. The van der Waals surface area contributed by atoms with E-state index in [-0.39, 0.29) is 12.5 Å². The van der Waals surface area contributed by atoms with Crippen molar-refractivity contribution in [1.29, 1.82) is 0 Å². The predicted octanol–water partition coefficient (Wildman–Crippen LogP) is 5.41. The maximum absolute atomic E-state index is 12.7. The smallest absolute Gasteiger partial charge is 0.244 e. The maximum Gasteiger partial charge on any atom is 0.244 e. The van der Waals surface area contributed by atoms with Crippen molar-refractivity contribution >= 4 is 38.6 Å². The molecule has 0 atom stereocenters. The molecular weight excluding hydrogens is 402 g/mol. The molecule has 134 valence electrons. The normalized spacial score (nSPS) is 10.9. The molecule has 0 saturated heterocycles. The fraction of sp³-hybridized carbons (Fsp3) is 0.0909. The van der Waals surface area contributed by atoms with Gasteiger partial charge in [-0.1, -0.05) is 57.9 Å². The van der Waals surface area contributed by atoms with Gasteiger partial charge in [0.25, 0.3) is 0 Å². The molecule has 3 aromatic carbocycles. The number of nitrogens with one attached hydrogen (secondary N) is 1. The lowest BCUT2D eigenvalue weighted by molar-refractivity contribution is -0.116. The molecule has 1 heterocycles. The van der Waals surface area contributed by atoms with E-state index >= 15 is 0 Å². The first kappa shape index (κ1) is 17.5. The van der Waals surface area contributed by atoms with Gasteiger partial charge >= 0.3 is 0 Å². The Labute approximate surface area is 166 Å². The minimum atomic E-state index is -0.0850. The van der Waals surface area contributed by atoms with Crippen LogP contribution < -0.4 is 5.32 Å². The Balaban J connectivity index is 1.70. The fourth-order valence-electron chi connectivity index (χ4n) is 3.06. The first-order chi connectivity index (χ1) is 13.1. The Kier molecular flexibility index (Phi) is 4.77. The Morgan fingerprint density at radius 1 is 1.04 bits per heavy atom. The van der Waals surface area contributed by atoms with Gasteiger partial charge in [-0.2, -0.15) is 0 Å². The van der Waals surface area contributed by atoms with Crippen molar-refractivity contribution in [3.8, 4) is 11.4 Å². The van der Waals surface area contributed by atoms with Crippen LogP contribution in [0.4, 0.5) is 5.69 Å². The lowest BCUT2D eigenvalue weighted by Gasteiger charge is -2.11. The quantitative estimate of drug-likeness (QED) is 0.480. The van der Waals surface area contributed by atoms with Crippen LogP contribution in [0.2, 0.25) is 0 Å². The fourth-order valence-corrected chi connectivity index (χ4v) is 3.46. The summed E-state index contributed by atoms with van der Waals surface area (Å²) in [7, 11) is 0. The van der Waals surface area contributed by atoms with Gasteiger partial charge in [0, 0.05) is 15.7 Å². The highest BCUT2D eigenvalue weighted by molar-refractivity contribution is 9.10. The van der Waals surface area contributed by atoms with Crippen LogP contribution in [0.15, 0.2) is 77.3 Å². The van der Waals surface area contributed by atoms with Crippen LogP contribution in [0.1, 0.15) is 5.56 Å². The standard InChI is InChI=1S/C22H18BrN3O/c1-15-9-11-18(12-10-15)24-21(27)14-26-20-8-3-2-7-19(20)25-22(26)16-5-4-6-17(23)13-16/h2-13H,14H2,1H3,(H,24,27). The van der Waals surface area contributed by atoms with Gasteiger partial charge < -0.3 is 9.88 Å². The lowest BCUT2D eigenvalue weighted by Crippen LogP contribution is -2.19. The average molecular weight is 420 g/mol. The average Bonchev–Trinajstić information content (AvgIpc) is 3.02. The number of carbonyl (C=O) groups excluding carboxylic acids is 1. The second kappa shape index (κ2) is 7.37. The number of halogens is 1. The number of benzene rings is 3. The number of hydrogen-bond acceptors (Lipinski definition) is 2. The summed E-state index contributed by atoms with van der Waals surface area (Å²) in [5, 5.41) is 2.97. The summed E-state index contributed by atoms with van der Waals surface area (Å²) in [4.78, 5) is 17.4. The Morgan fingerprint density at radius 3 is 2.59 bits per heavy atom. The molecule has 0 unspecified atom stereocenters. The Morgan fingerprint density at radius 2 is 1.81 bits per heavy atom. The summed E-state index contributed by atoms with van der Waals surface area (Å²) < 4.78 is 2.93. The van der Waals surface area contributed by atoms with Crippen LogP contribution in [-0.2, 0) is 11.3 Å². The molecule has 4 aromatic rings. The molecule has 0 saturated carbocycles. The zero-order chi connectivity index (χ0) is 18.8. The number of amides is 1. The SMILES string of the molecule is Cc1ccc(NC(=O)Cn2c(-c3cccc(Br)c3)nc3ccccc32)cc1. The third kappa shape index (κ3) is 3.78. The Bertz CT molecular complexity index is 1120. The van der Waals surface area contributed by atoms with Crippen LogP contribution in [0.25, 0.3) is 22.4 Å². The highest BCUT2D eigenvalue weighted by Crippen LogP contribution is 2.27. The second-order valence-corrected chi connectivity index (χ2v) is 7.35. The van der Waals surface area contributed by atoms with Crippen LogP contribution in [0.5, 0.6) is 0 Å². The molecule has 1 N–H and O–H groups in total. The van der Waals surface area contributed by atoms with Crippen LogP contribution in [-0.4, -0.2) is 15.5 Å². The number of para-hydroxylation sites is 2. The molecule has 0 spiro atoms. The van der Waals surface area contributed by atoms with Crippen molar-refractivity contribution < 1.29 is 4.79 Å². The van der Waals surface area contributed by atoms with Crippen LogP contribution >= 0.6 is 15.9 Å². The summed E-state index contributed by atoms with van der Waals surface area (Å²) in [5.74, 6) is 0.690. The minimum Gasteiger partial charge on any atom is -0.325 e. The predicted molar refractivity (Wildman–Crippen MR) is 113 cm³/mol. The summed E-state index contributed by atoms with van der Waals surface area (Å²) in [5.41, 5.74) is 4.72. The molecule has 27 heavy (non-hydrogen) atoms. The van der Waals surface area contributed by atoms with E-state index in [2.05, 4.69) is 21.2 Å². The van der Waals surface area contributed by atoms with E-state index in [1.54, 1.807) is 0 Å². The molecule has 1 amide bonds. The summed E-state index contributed by atoms with van der Waals surface area (Å²) in [6.07, 6.45) is 0. The van der Waals surface area contributed by atoms with E-state index in [9.17, 15) is 4.79 Å². The van der Waals surface area contributed by atoms with E-state index in [0.717, 1.165) is 38.1 Å². The largest absolute Gasteiger partial charge is 0.325 e. The van der Waals surface area contributed by atoms with Gasteiger partial charge in [0.2, 0.25) is 5.91 Å². The molecule has 4 rings (SSSR count). The molecular formula is C22H18BrN3O. The number of fused-ring (bicyclic) bond motifs is 1. The summed E-state index contributed by atoms with van der Waals surface area (Å²) >= 11 is 3.51. The van der Waals surface area contributed by atoms with Crippen molar-refractivity contribution in [3.05, 3.63) is 82.8 Å². The van der Waals surface area contributed by atoms with E-state index in [1.165, 1.54) is 0 Å². The number of nitrogens with zero attached hydrogens (tertiary/aromatic N) is 2. The van der Waals surface area contributed by atoms with Gasteiger partial charge in [-0.15, -0.1) is 0 Å². The molecule has 0 radical (unpaired) electrons. The van der Waals surface area contributed by atoms with Crippen molar-refractivity contribution in [2.24, 2.45) is 0 Å². The molecule has 1 aromatic heterocycles. The van der Waals surface area contributed by atoms with Crippen molar-refractivity contribution in [2.75, 3.05) is 5.32 Å². The highest BCUT2D eigenvalue weighted by Gasteiger charge is 2.15. The first-order valence-corrected chi connectivity index (χ1v) is 9.47. The van der Waals surface area contributed by atoms with Crippen LogP contribution in [0.3, 0.4) is 0 Å². The number of rotatable bonds is 4. The van der Waals surface area contributed by atoms with E-state index in [1.807, 2.05) is 84.3 Å². The number of hydrogen-bond donors (Lipinski definition) is 1. The van der Waals surface area contributed by atoms with E-state index in [4.69, 9.17) is 4.98 Å². The second-order valence-electron chi connectivity index (χ2n) is 6.43. The Hall–Kier alpha value is -2.92. The minimum absolute atomic E-state index is 0.0850. The molecule has 0 aliphatic rings. The van der Waals surface area contributed by atoms with Crippen LogP contribution in [0, 0.1) is 6.92 Å². The van der Waals surface area contributed by atoms with Gasteiger partial charge in [0.1, 0.15) is 12.4 Å². The van der Waals surface area contributed by atoms with Crippen molar-refractivity contribution in [2.45, 2.75) is 13.5 Å². The number of carbonyl (C=O) groups is 1. The molecule has 5 heteroatoms. The highest BCUT2D eigenvalue weighted by atomic mass is 79.9. The number of anilines is 1. The van der Waals surface area contributed by atoms with Gasteiger partial charge in [0.15, 0.2) is 0 Å². The topological polar surface area (TPSA) is 46.9 Å². The molecule has 4 nitrogen and oxygen atoms in total. The van der Waals surface area contributed by atoms with Gasteiger partial charge in [0.05, 0.1) is 11.0 Å². The molecule has 0 aliphatic heterocycles. The number of imidazole rings is 1. The third-order valence-corrected chi connectivity index (χ3v) is 4.87. The molecule has 0 aliphatic carbocycles. The van der Waals surface area contributed by atoms with E-state index in [0.29, 0.717) is 0 Å². The third-order valence-electron chi connectivity index (χ3n) is 4.37. The maximum atomic E-state index is 12.7. The number of aromatic nitrogens is 2. The molecule has 0 fully saturated rings. The first-order valence-electron chi connectivity index (χ1n) is 8.68. The van der Waals surface area contributed by atoms with Crippen molar-refractivity contribution in [1.82, 2.24) is 9.55 Å². The lowest BCUT2D eigenvalue weighted by atomic mass is 10.2. The van der Waals surface area contributed by atoms with Gasteiger partial charge in [-0.25, -0.2) is 4.98 Å².